The molecule has 0 aliphatic carbocycles. The van der Waals surface area contributed by atoms with Crippen LogP contribution in [0, 0.1) is 5.41 Å². The Morgan fingerprint density at radius 1 is 1.47 bits per heavy atom. The second-order valence-corrected chi connectivity index (χ2v) is 5.43. The van der Waals surface area contributed by atoms with Gasteiger partial charge in [0, 0.05) is 13.1 Å². The van der Waals surface area contributed by atoms with Crippen LogP contribution in [0.5, 0.6) is 0 Å². The summed E-state index contributed by atoms with van der Waals surface area (Å²) in [5.74, 6) is -0.848. The summed E-state index contributed by atoms with van der Waals surface area (Å²) in [5.41, 5.74) is -0.777. The van der Waals surface area contributed by atoms with Gasteiger partial charge in [-0.1, -0.05) is 6.92 Å². The maximum absolute atomic E-state index is 11.1. The zero-order valence-corrected chi connectivity index (χ0v) is 9.46. The molecular formula is C8H16N2O4S. The quantitative estimate of drug-likeness (QED) is 0.706. The van der Waals surface area contributed by atoms with E-state index in [4.69, 9.17) is 10.2 Å². The van der Waals surface area contributed by atoms with E-state index in [1.165, 1.54) is 0 Å². The molecule has 7 heteroatoms. The van der Waals surface area contributed by atoms with Crippen molar-refractivity contribution < 1.29 is 18.3 Å². The van der Waals surface area contributed by atoms with Crippen molar-refractivity contribution in [3.8, 4) is 0 Å². The minimum absolute atomic E-state index is 0.193. The van der Waals surface area contributed by atoms with Crippen LogP contribution in [0.3, 0.4) is 0 Å². The lowest BCUT2D eigenvalue weighted by Gasteiger charge is -2.36. The van der Waals surface area contributed by atoms with Gasteiger partial charge in [-0.3, -0.25) is 4.79 Å². The van der Waals surface area contributed by atoms with E-state index in [-0.39, 0.29) is 13.1 Å². The van der Waals surface area contributed by atoms with E-state index >= 15 is 0 Å². The number of nitrogens with zero attached hydrogens (tertiary/aromatic N) is 1. The zero-order valence-electron chi connectivity index (χ0n) is 8.64. The maximum Gasteiger partial charge on any atom is 0.309 e. The van der Waals surface area contributed by atoms with Gasteiger partial charge in [-0.2, -0.15) is 12.7 Å². The van der Waals surface area contributed by atoms with Gasteiger partial charge in [0.05, 0.1) is 5.41 Å². The average molecular weight is 236 g/mol. The summed E-state index contributed by atoms with van der Waals surface area (Å²) in [6.07, 6.45) is 1.17. The minimum Gasteiger partial charge on any atom is -0.481 e. The van der Waals surface area contributed by atoms with Crippen molar-refractivity contribution in [3.63, 3.8) is 0 Å². The van der Waals surface area contributed by atoms with E-state index in [1.807, 2.05) is 0 Å². The highest BCUT2D eigenvalue weighted by Crippen LogP contribution is 2.35. The van der Waals surface area contributed by atoms with Gasteiger partial charge in [0.15, 0.2) is 0 Å². The van der Waals surface area contributed by atoms with Crippen LogP contribution in [0.15, 0.2) is 0 Å². The van der Waals surface area contributed by atoms with Crippen molar-refractivity contribution in [2.24, 2.45) is 10.6 Å². The molecule has 0 aromatic heterocycles. The van der Waals surface area contributed by atoms with Gasteiger partial charge in [0.25, 0.3) is 10.2 Å². The molecule has 1 fully saturated rings. The number of rotatable bonds is 3. The van der Waals surface area contributed by atoms with Gasteiger partial charge in [-0.25, -0.2) is 5.14 Å². The van der Waals surface area contributed by atoms with Gasteiger partial charge in [-0.15, -0.1) is 0 Å². The summed E-state index contributed by atoms with van der Waals surface area (Å²) >= 11 is 0. The summed E-state index contributed by atoms with van der Waals surface area (Å²) in [4.78, 5) is 11.1. The van der Waals surface area contributed by atoms with Crippen LogP contribution in [0.1, 0.15) is 26.2 Å². The lowest BCUT2D eigenvalue weighted by molar-refractivity contribution is -0.151. The smallest absolute Gasteiger partial charge is 0.309 e. The number of carbonyl (C=O) groups is 1. The van der Waals surface area contributed by atoms with E-state index in [1.54, 1.807) is 6.92 Å². The van der Waals surface area contributed by atoms with Crippen LogP contribution in [-0.4, -0.2) is 36.9 Å². The average Bonchev–Trinajstić information content (AvgIpc) is 2.16. The van der Waals surface area contributed by atoms with Crippen LogP contribution < -0.4 is 5.14 Å². The Morgan fingerprint density at radius 3 is 2.20 bits per heavy atom. The molecule has 0 amide bonds. The number of nitrogens with two attached hydrogens (primary N) is 1. The van der Waals surface area contributed by atoms with Crippen LogP contribution in [0.4, 0.5) is 0 Å². The molecule has 3 N–H and O–H groups in total. The summed E-state index contributed by atoms with van der Waals surface area (Å²) in [6, 6.07) is 0. The third-order valence-corrected chi connectivity index (χ3v) is 4.25. The molecule has 6 nitrogen and oxygen atoms in total. The zero-order chi connectivity index (χ0) is 11.7. The fraction of sp³-hybridized carbons (Fsp3) is 0.875. The molecule has 1 aliphatic rings. The number of hydrogen-bond acceptors (Lipinski definition) is 3. The van der Waals surface area contributed by atoms with Crippen LogP contribution in [-0.2, 0) is 15.0 Å². The Balaban J connectivity index is 2.74. The molecule has 0 aromatic carbocycles. The van der Waals surface area contributed by atoms with Crippen LogP contribution in [0.2, 0.25) is 0 Å². The van der Waals surface area contributed by atoms with Crippen molar-refractivity contribution in [2.75, 3.05) is 13.1 Å². The second kappa shape index (κ2) is 4.07. The highest BCUT2D eigenvalue weighted by molar-refractivity contribution is 7.86. The molecule has 15 heavy (non-hydrogen) atoms. The van der Waals surface area contributed by atoms with E-state index in [2.05, 4.69) is 0 Å². The van der Waals surface area contributed by atoms with Gasteiger partial charge in [0.2, 0.25) is 0 Å². The fourth-order valence-electron chi connectivity index (χ4n) is 1.89. The van der Waals surface area contributed by atoms with Crippen molar-refractivity contribution in [1.29, 1.82) is 0 Å². The molecule has 0 unspecified atom stereocenters. The van der Waals surface area contributed by atoms with Crippen LogP contribution in [0.25, 0.3) is 0 Å². The maximum atomic E-state index is 11.1. The first-order chi connectivity index (χ1) is 6.82. The molecule has 0 spiro atoms. The molecule has 0 atom stereocenters. The van der Waals surface area contributed by atoms with E-state index in [0.717, 1.165) is 4.31 Å². The van der Waals surface area contributed by atoms with Gasteiger partial charge < -0.3 is 5.11 Å². The molecule has 1 aliphatic heterocycles. The largest absolute Gasteiger partial charge is 0.481 e. The molecule has 0 radical (unpaired) electrons. The molecule has 1 saturated heterocycles. The Kier molecular flexibility index (Phi) is 3.37. The second-order valence-electron chi connectivity index (χ2n) is 3.88. The predicted molar refractivity (Wildman–Crippen MR) is 54.3 cm³/mol. The highest BCUT2D eigenvalue weighted by atomic mass is 32.2. The summed E-state index contributed by atoms with van der Waals surface area (Å²) in [6.45, 7) is 2.19. The van der Waals surface area contributed by atoms with Gasteiger partial charge in [0.1, 0.15) is 0 Å². The number of carboxylic acids is 1. The third-order valence-electron chi connectivity index (χ3n) is 3.17. The Bertz CT molecular complexity index is 344. The first kappa shape index (κ1) is 12.4. The first-order valence-corrected chi connectivity index (χ1v) is 6.33. The van der Waals surface area contributed by atoms with Crippen molar-refractivity contribution >= 4 is 16.2 Å². The number of aliphatic carboxylic acids is 1. The topological polar surface area (TPSA) is 101 Å². The van der Waals surface area contributed by atoms with Gasteiger partial charge >= 0.3 is 5.97 Å². The van der Waals surface area contributed by atoms with Crippen molar-refractivity contribution in [3.05, 3.63) is 0 Å². The molecular weight excluding hydrogens is 220 g/mol. The molecule has 0 aromatic rings. The predicted octanol–water partition coefficient (Wildman–Crippen LogP) is -0.233. The molecule has 1 heterocycles. The Labute approximate surface area is 89.2 Å². The minimum atomic E-state index is -3.67. The number of piperidine rings is 1. The lowest BCUT2D eigenvalue weighted by Crippen LogP contribution is -2.48. The molecule has 88 valence electrons. The SMILES string of the molecule is CCC1(C(=O)O)CCN(S(N)(=O)=O)CC1. The van der Waals surface area contributed by atoms with E-state index in [0.29, 0.717) is 19.3 Å². The molecule has 0 bridgehead atoms. The normalized spacial score (nSPS) is 22.5. The Hall–Kier alpha value is -0.660. The Morgan fingerprint density at radius 2 is 1.93 bits per heavy atom. The summed E-state index contributed by atoms with van der Waals surface area (Å²) in [5, 5.41) is 14.0. The number of carboxylic acid groups (broad SMARTS) is 1. The van der Waals surface area contributed by atoms with E-state index in [9.17, 15) is 13.2 Å². The van der Waals surface area contributed by atoms with Crippen molar-refractivity contribution in [2.45, 2.75) is 26.2 Å². The lowest BCUT2D eigenvalue weighted by atomic mass is 9.77. The first-order valence-electron chi connectivity index (χ1n) is 4.83. The van der Waals surface area contributed by atoms with Crippen molar-refractivity contribution in [1.82, 2.24) is 4.31 Å². The molecule has 1 rings (SSSR count). The van der Waals surface area contributed by atoms with Crippen LogP contribution >= 0.6 is 0 Å². The van der Waals surface area contributed by atoms with Gasteiger partial charge in [-0.05, 0) is 19.3 Å². The fourth-order valence-corrected chi connectivity index (χ4v) is 2.58. The highest BCUT2D eigenvalue weighted by Gasteiger charge is 2.41. The third kappa shape index (κ3) is 2.47. The summed E-state index contributed by atoms with van der Waals surface area (Å²) < 4.78 is 23.2. The molecule has 0 saturated carbocycles. The van der Waals surface area contributed by atoms with E-state index < -0.39 is 21.6 Å². The summed E-state index contributed by atoms with van der Waals surface area (Å²) in [7, 11) is -3.67. The standard InChI is InChI=1S/C8H16N2O4S/c1-2-8(7(11)12)3-5-10(6-4-8)15(9,13)14/h2-6H2,1H3,(H,11,12)(H2,9,13,14). The monoisotopic (exact) mass is 236 g/mol. The number of hydrogen-bond donors (Lipinski definition) is 2.